The van der Waals surface area contributed by atoms with Crippen molar-refractivity contribution in [2.75, 3.05) is 11.5 Å². The molecule has 0 aromatic heterocycles. The normalized spacial score (nSPS) is 14.8. The van der Waals surface area contributed by atoms with E-state index >= 15 is 0 Å². The molecule has 0 aliphatic heterocycles. The predicted molar refractivity (Wildman–Crippen MR) is 157 cm³/mol. The van der Waals surface area contributed by atoms with Crippen LogP contribution in [-0.2, 0) is 34.0 Å². The van der Waals surface area contributed by atoms with E-state index in [9.17, 15) is 5.11 Å². The van der Waals surface area contributed by atoms with Crippen LogP contribution in [0.3, 0.4) is 0 Å². The summed E-state index contributed by atoms with van der Waals surface area (Å²) in [6.07, 6.45) is -2.08. The third-order valence-electron chi connectivity index (χ3n) is 5.91. The fourth-order valence-corrected chi connectivity index (χ4v) is 6.78. The Morgan fingerprint density at radius 3 is 1.27 bits per heavy atom. The summed E-state index contributed by atoms with van der Waals surface area (Å²) in [7, 11) is 0. The summed E-state index contributed by atoms with van der Waals surface area (Å²) in [6, 6.07) is 30.4. The molecular weight excluding hydrogens is 500 g/mol. The smallest absolute Gasteiger partial charge is 0.115 e. The monoisotopic (exact) mass is 540 g/mol. The Morgan fingerprint density at radius 1 is 0.568 bits per heavy atom. The summed E-state index contributed by atoms with van der Waals surface area (Å²) in [5.74, 6) is 1.91. The van der Waals surface area contributed by atoms with Crippen LogP contribution in [-0.4, -0.2) is 45.6 Å². The van der Waals surface area contributed by atoms with Gasteiger partial charge in [-0.25, -0.2) is 0 Å². The first-order valence-electron chi connectivity index (χ1n) is 13.0. The lowest BCUT2D eigenvalue weighted by molar-refractivity contribution is -0.172. The van der Waals surface area contributed by atoms with Crippen LogP contribution in [0.2, 0.25) is 0 Å². The molecule has 0 saturated heterocycles. The zero-order chi connectivity index (χ0) is 26.3. The van der Waals surface area contributed by atoms with Crippen molar-refractivity contribution < 1.29 is 19.3 Å². The number of hydrogen-bond donors (Lipinski definition) is 1. The van der Waals surface area contributed by atoms with Gasteiger partial charge in [0.05, 0.1) is 30.5 Å². The van der Waals surface area contributed by atoms with Crippen molar-refractivity contribution in [2.24, 2.45) is 0 Å². The number of benzene rings is 3. The van der Waals surface area contributed by atoms with E-state index in [0.717, 1.165) is 28.2 Å². The maximum absolute atomic E-state index is 11.0. The molecule has 0 radical (unpaired) electrons. The zero-order valence-corrected chi connectivity index (χ0v) is 23.7. The third kappa shape index (κ3) is 10.1. The lowest BCUT2D eigenvalue weighted by Crippen LogP contribution is -2.51. The highest BCUT2D eigenvalue weighted by Gasteiger charge is 2.40. The van der Waals surface area contributed by atoms with Crippen LogP contribution in [0.4, 0.5) is 0 Å². The van der Waals surface area contributed by atoms with Gasteiger partial charge in [0, 0.05) is 0 Å². The van der Waals surface area contributed by atoms with E-state index in [2.05, 4.69) is 38.1 Å². The molecule has 6 heteroatoms. The topological polar surface area (TPSA) is 47.9 Å². The van der Waals surface area contributed by atoms with Gasteiger partial charge in [0.15, 0.2) is 0 Å². The summed E-state index contributed by atoms with van der Waals surface area (Å²) >= 11 is 3.72. The SMILES string of the molecule is CCSC(SCC)[C@H](OCc1ccccc1)[C@@H](OCc1ccccc1)[C@@H](OCc1ccccc1)[C@@H](C)O. The van der Waals surface area contributed by atoms with Gasteiger partial charge in [-0.15, -0.1) is 23.5 Å². The van der Waals surface area contributed by atoms with E-state index in [1.165, 1.54) is 0 Å². The number of aliphatic hydroxyl groups excluding tert-OH is 1. The van der Waals surface area contributed by atoms with Crippen LogP contribution < -0.4 is 0 Å². The van der Waals surface area contributed by atoms with E-state index in [-0.39, 0.29) is 10.7 Å². The van der Waals surface area contributed by atoms with Gasteiger partial charge in [-0.05, 0) is 35.1 Å². The molecule has 3 aromatic rings. The molecule has 1 N–H and O–H groups in total. The summed E-state index contributed by atoms with van der Waals surface area (Å²) < 4.78 is 19.8. The molecule has 0 unspecified atom stereocenters. The molecule has 3 aromatic carbocycles. The highest BCUT2D eigenvalue weighted by atomic mass is 32.2. The molecule has 0 saturated carbocycles. The van der Waals surface area contributed by atoms with Crippen molar-refractivity contribution in [3.05, 3.63) is 108 Å². The number of ether oxygens (including phenoxy) is 3. The molecule has 0 amide bonds. The van der Waals surface area contributed by atoms with Crippen molar-refractivity contribution >= 4 is 23.5 Å². The molecule has 0 aliphatic rings. The van der Waals surface area contributed by atoms with Gasteiger partial charge >= 0.3 is 0 Å². The average molecular weight is 541 g/mol. The van der Waals surface area contributed by atoms with Crippen molar-refractivity contribution in [2.45, 2.75) is 69.6 Å². The highest BCUT2D eigenvalue weighted by molar-refractivity contribution is 8.17. The molecule has 0 bridgehead atoms. The van der Waals surface area contributed by atoms with Crippen molar-refractivity contribution in [1.82, 2.24) is 0 Å². The fraction of sp³-hybridized carbons (Fsp3) is 0.419. The summed E-state index contributed by atoms with van der Waals surface area (Å²) in [5.41, 5.74) is 3.23. The molecule has 0 fully saturated rings. The first kappa shape index (κ1) is 29.8. The number of rotatable bonds is 17. The van der Waals surface area contributed by atoms with E-state index in [4.69, 9.17) is 14.2 Å². The van der Waals surface area contributed by atoms with Gasteiger partial charge in [-0.3, -0.25) is 0 Å². The molecule has 200 valence electrons. The average Bonchev–Trinajstić information content (AvgIpc) is 2.93. The summed E-state index contributed by atoms with van der Waals surface area (Å²) in [4.78, 5) is 0. The Kier molecular flexibility index (Phi) is 13.6. The van der Waals surface area contributed by atoms with Gasteiger partial charge in [0.25, 0.3) is 0 Å². The summed E-state index contributed by atoms with van der Waals surface area (Å²) in [6.45, 7) is 7.37. The van der Waals surface area contributed by atoms with Gasteiger partial charge in [0.1, 0.15) is 18.3 Å². The molecule has 37 heavy (non-hydrogen) atoms. The second-order valence-corrected chi connectivity index (χ2v) is 11.9. The second-order valence-electron chi connectivity index (χ2n) is 8.80. The van der Waals surface area contributed by atoms with Crippen molar-refractivity contribution in [3.63, 3.8) is 0 Å². The van der Waals surface area contributed by atoms with E-state index < -0.39 is 18.3 Å². The number of thioether (sulfide) groups is 2. The quantitative estimate of drug-likeness (QED) is 0.187. The first-order chi connectivity index (χ1) is 18.1. The molecule has 0 aliphatic carbocycles. The minimum absolute atomic E-state index is 0.126. The van der Waals surface area contributed by atoms with Crippen LogP contribution in [0, 0.1) is 0 Å². The van der Waals surface area contributed by atoms with E-state index in [0.29, 0.717) is 19.8 Å². The van der Waals surface area contributed by atoms with Crippen LogP contribution in [0.1, 0.15) is 37.5 Å². The Bertz CT molecular complexity index is 966. The Balaban J connectivity index is 1.91. The lowest BCUT2D eigenvalue weighted by atomic mass is 10.0. The molecule has 3 rings (SSSR count). The molecule has 4 nitrogen and oxygen atoms in total. The minimum atomic E-state index is -0.744. The standard InChI is InChI=1S/C31H40O4S2/c1-4-36-31(37-5-2)30(35-23-27-19-13-8-14-20-27)29(34-22-26-17-11-7-12-18-26)28(24(3)32)33-21-25-15-9-6-10-16-25/h6-20,24,28-32H,4-5,21-23H2,1-3H3/t24-,28+,29+,30-/m1/s1. The minimum Gasteiger partial charge on any atom is -0.391 e. The van der Waals surface area contributed by atoms with Gasteiger partial charge in [-0.1, -0.05) is 105 Å². The second kappa shape index (κ2) is 16.9. The van der Waals surface area contributed by atoms with Crippen LogP contribution in [0.15, 0.2) is 91.0 Å². The maximum atomic E-state index is 11.0. The van der Waals surface area contributed by atoms with Gasteiger partial charge in [0.2, 0.25) is 0 Å². The van der Waals surface area contributed by atoms with Crippen LogP contribution in [0.5, 0.6) is 0 Å². The fourth-order valence-electron chi connectivity index (χ4n) is 4.08. The maximum Gasteiger partial charge on any atom is 0.115 e. The van der Waals surface area contributed by atoms with Crippen molar-refractivity contribution in [3.8, 4) is 0 Å². The highest BCUT2D eigenvalue weighted by Crippen LogP contribution is 2.34. The Labute approximate surface area is 231 Å². The molecule has 0 spiro atoms. The van der Waals surface area contributed by atoms with Crippen molar-refractivity contribution in [1.29, 1.82) is 0 Å². The van der Waals surface area contributed by atoms with Gasteiger partial charge < -0.3 is 19.3 Å². The van der Waals surface area contributed by atoms with Crippen LogP contribution >= 0.6 is 23.5 Å². The Morgan fingerprint density at radius 2 is 0.919 bits per heavy atom. The number of hydrogen-bond acceptors (Lipinski definition) is 6. The van der Waals surface area contributed by atoms with Gasteiger partial charge in [-0.2, -0.15) is 0 Å². The predicted octanol–water partition coefficient (Wildman–Crippen LogP) is 6.96. The Hall–Kier alpha value is -1.80. The first-order valence-corrected chi connectivity index (χ1v) is 15.1. The molecule has 0 heterocycles. The zero-order valence-electron chi connectivity index (χ0n) is 22.1. The number of aliphatic hydroxyl groups is 1. The lowest BCUT2D eigenvalue weighted by Gasteiger charge is -2.38. The summed E-state index contributed by atoms with van der Waals surface area (Å²) in [5, 5.41) is 11.0. The molecule has 4 atom stereocenters. The van der Waals surface area contributed by atoms with E-state index in [1.807, 2.05) is 90.3 Å². The molecular formula is C31H40O4S2. The van der Waals surface area contributed by atoms with E-state index in [1.54, 1.807) is 6.92 Å². The van der Waals surface area contributed by atoms with Crippen LogP contribution in [0.25, 0.3) is 0 Å². The largest absolute Gasteiger partial charge is 0.391 e. The third-order valence-corrected chi connectivity index (χ3v) is 8.59.